The number of aromatic nitrogens is 3. The van der Waals surface area contributed by atoms with Crippen LogP contribution in [0.2, 0.25) is 0 Å². The van der Waals surface area contributed by atoms with Crippen LogP contribution in [0, 0.1) is 0 Å². The first-order chi connectivity index (χ1) is 15.4. The van der Waals surface area contributed by atoms with Crippen LogP contribution in [0.3, 0.4) is 0 Å². The van der Waals surface area contributed by atoms with E-state index in [4.69, 9.17) is 15.6 Å². The van der Waals surface area contributed by atoms with Crippen molar-refractivity contribution in [3.05, 3.63) is 57.5 Å². The normalized spacial score (nSPS) is 10.2. The minimum absolute atomic E-state index is 0.0416. The Labute approximate surface area is 183 Å². The van der Waals surface area contributed by atoms with Crippen molar-refractivity contribution in [2.75, 3.05) is 19.3 Å². The van der Waals surface area contributed by atoms with Crippen LogP contribution in [-0.4, -0.2) is 51.9 Å². The number of aryl methyl sites for hydroxylation is 2. The fourth-order valence-electron chi connectivity index (χ4n) is 3.10. The lowest BCUT2D eigenvalue weighted by Gasteiger charge is -2.06. The highest BCUT2D eigenvalue weighted by molar-refractivity contribution is 5.94. The van der Waals surface area contributed by atoms with Gasteiger partial charge in [-0.1, -0.05) is 12.1 Å². The van der Waals surface area contributed by atoms with E-state index in [-0.39, 0.29) is 29.8 Å². The summed E-state index contributed by atoms with van der Waals surface area (Å²) in [6.45, 7) is 0.196. The second-order valence-corrected chi connectivity index (χ2v) is 6.82. The summed E-state index contributed by atoms with van der Waals surface area (Å²) in [4.78, 5) is 53.4. The Kier molecular flexibility index (Phi) is 8.96. The zero-order valence-electron chi connectivity index (χ0n) is 17.6. The van der Waals surface area contributed by atoms with Gasteiger partial charge in [0.05, 0.1) is 5.39 Å². The largest absolute Gasteiger partial charge is 0.483 e. The molecule has 2 heterocycles. The van der Waals surface area contributed by atoms with Crippen LogP contribution in [-0.2, 0) is 22.4 Å². The molecule has 0 spiro atoms. The molecule has 170 valence electrons. The predicted molar refractivity (Wildman–Crippen MR) is 119 cm³/mol. The molecule has 3 rings (SSSR count). The Morgan fingerprint density at radius 2 is 1.91 bits per heavy atom. The molecule has 0 aliphatic carbocycles. The number of carbonyl (C=O) groups is 3. The first kappa shape index (κ1) is 24.1. The molecule has 0 aliphatic rings. The highest BCUT2D eigenvalue weighted by Crippen LogP contribution is 2.16. The molecule has 2 aromatic heterocycles. The fraction of sp³-hybridized carbons (Fsp3) is 0.286. The van der Waals surface area contributed by atoms with Gasteiger partial charge in [-0.25, -0.2) is 0 Å². The van der Waals surface area contributed by atoms with Crippen molar-refractivity contribution in [3.8, 4) is 0 Å². The summed E-state index contributed by atoms with van der Waals surface area (Å²) in [5, 5.41) is 12.8. The van der Waals surface area contributed by atoms with Crippen LogP contribution in [0.1, 0.15) is 34.3 Å². The summed E-state index contributed by atoms with van der Waals surface area (Å²) < 4.78 is 0. The fourth-order valence-corrected chi connectivity index (χ4v) is 3.10. The van der Waals surface area contributed by atoms with Crippen LogP contribution >= 0.6 is 0 Å². The molecule has 0 radical (unpaired) electrons. The van der Waals surface area contributed by atoms with Gasteiger partial charge in [-0.2, -0.15) is 4.98 Å². The quantitative estimate of drug-likeness (QED) is 0.218. The van der Waals surface area contributed by atoms with E-state index in [9.17, 15) is 14.4 Å². The topological polar surface area (TPSA) is 183 Å². The maximum atomic E-state index is 12.2. The number of carbonyl (C=O) groups excluding carboxylic acids is 2. The van der Waals surface area contributed by atoms with Crippen molar-refractivity contribution in [1.82, 2.24) is 25.6 Å². The number of nitrogen functional groups attached to an aromatic ring is 1. The van der Waals surface area contributed by atoms with E-state index in [2.05, 4.69) is 25.6 Å². The van der Waals surface area contributed by atoms with E-state index in [0.29, 0.717) is 48.8 Å². The molecule has 11 nitrogen and oxygen atoms in total. The zero-order valence-corrected chi connectivity index (χ0v) is 17.6. The highest BCUT2D eigenvalue weighted by atomic mass is 16.3. The molecule has 3 aromatic rings. The molecule has 0 aliphatic heterocycles. The number of amides is 2. The van der Waals surface area contributed by atoms with Crippen LogP contribution in [0.4, 0.5) is 5.95 Å². The van der Waals surface area contributed by atoms with E-state index < -0.39 is 0 Å². The number of hydrogen-bond acceptors (Lipinski definition) is 6. The summed E-state index contributed by atoms with van der Waals surface area (Å²) in [5.74, 6) is -0.126. The molecule has 0 fully saturated rings. The van der Waals surface area contributed by atoms with E-state index in [0.717, 1.165) is 11.1 Å². The molecule has 1 aromatic carbocycles. The van der Waals surface area contributed by atoms with Crippen LogP contribution in [0.5, 0.6) is 0 Å². The van der Waals surface area contributed by atoms with Crippen molar-refractivity contribution in [1.29, 1.82) is 0 Å². The van der Waals surface area contributed by atoms with Gasteiger partial charge in [0.25, 0.3) is 17.9 Å². The van der Waals surface area contributed by atoms with Gasteiger partial charge in [0.15, 0.2) is 0 Å². The molecule has 7 N–H and O–H groups in total. The second kappa shape index (κ2) is 11.9. The Bertz CT molecular complexity index is 1120. The lowest BCUT2D eigenvalue weighted by molar-refractivity contribution is -0.123. The number of nitrogens with two attached hydrogens (primary N) is 1. The number of anilines is 1. The maximum Gasteiger partial charge on any atom is 0.290 e. The standard InChI is InChI=1S/C20H24N6O3.CH2O2/c1-22-15(27)3-2-10-23-18(28)13-7-4-12(5-8-13)6-9-14-11-24-17-16(14)19(29)26-20(21)25-17;2-1-3/h4-5,7-8,11H,2-3,6,9-10H2,1H3,(H,22,27)(H,23,28)(H4,21,24,25,26,29);1H,(H,2,3). The van der Waals surface area contributed by atoms with E-state index >= 15 is 0 Å². The van der Waals surface area contributed by atoms with Gasteiger partial charge in [-0.05, 0) is 42.5 Å². The van der Waals surface area contributed by atoms with Crippen molar-refractivity contribution in [2.45, 2.75) is 25.7 Å². The maximum absolute atomic E-state index is 12.2. The first-order valence-electron chi connectivity index (χ1n) is 9.91. The summed E-state index contributed by atoms with van der Waals surface area (Å²) in [6, 6.07) is 7.34. The molecule has 0 saturated carbocycles. The average molecular weight is 442 g/mol. The Hall–Kier alpha value is -4.15. The van der Waals surface area contributed by atoms with Gasteiger partial charge < -0.3 is 26.5 Å². The molecule has 0 saturated heterocycles. The Morgan fingerprint density at radius 3 is 2.56 bits per heavy atom. The van der Waals surface area contributed by atoms with Gasteiger partial charge in [0.1, 0.15) is 5.65 Å². The molecular formula is C21H26N6O5. The summed E-state index contributed by atoms with van der Waals surface area (Å²) in [6.07, 6.45) is 4.11. The third-order valence-electron chi connectivity index (χ3n) is 4.69. The SMILES string of the molecule is CNC(=O)CCCNC(=O)c1ccc(CCc2c[nH]c3nc(N)[nH]c(=O)c23)cc1.O=CO. The Morgan fingerprint density at radius 1 is 1.22 bits per heavy atom. The summed E-state index contributed by atoms with van der Waals surface area (Å²) in [7, 11) is 1.59. The first-order valence-corrected chi connectivity index (χ1v) is 9.91. The number of hydrogen-bond donors (Lipinski definition) is 6. The van der Waals surface area contributed by atoms with Crippen molar-refractivity contribution >= 4 is 35.3 Å². The van der Waals surface area contributed by atoms with Gasteiger partial charge in [-0.3, -0.25) is 24.2 Å². The molecule has 2 amide bonds. The molecule has 0 atom stereocenters. The van der Waals surface area contributed by atoms with Crippen LogP contribution in [0.25, 0.3) is 11.0 Å². The number of rotatable bonds is 8. The molecule has 0 bridgehead atoms. The van der Waals surface area contributed by atoms with E-state index in [1.54, 1.807) is 25.4 Å². The highest BCUT2D eigenvalue weighted by Gasteiger charge is 2.11. The van der Waals surface area contributed by atoms with E-state index in [1.165, 1.54) is 0 Å². The van der Waals surface area contributed by atoms with Crippen molar-refractivity contribution in [3.63, 3.8) is 0 Å². The second-order valence-electron chi connectivity index (χ2n) is 6.82. The van der Waals surface area contributed by atoms with Gasteiger partial charge in [0, 0.05) is 31.8 Å². The third-order valence-corrected chi connectivity index (χ3v) is 4.69. The smallest absolute Gasteiger partial charge is 0.290 e. The molecule has 11 heteroatoms. The number of nitrogens with zero attached hydrogens (tertiary/aromatic N) is 1. The number of fused-ring (bicyclic) bond motifs is 1. The summed E-state index contributed by atoms with van der Waals surface area (Å²) >= 11 is 0. The van der Waals surface area contributed by atoms with Crippen molar-refractivity contribution in [2.24, 2.45) is 0 Å². The molecule has 32 heavy (non-hydrogen) atoms. The van der Waals surface area contributed by atoms with Crippen molar-refractivity contribution < 1.29 is 19.5 Å². The number of H-pyrrole nitrogens is 2. The third kappa shape index (κ3) is 6.69. The van der Waals surface area contributed by atoms with Gasteiger partial charge in [-0.15, -0.1) is 0 Å². The van der Waals surface area contributed by atoms with Gasteiger partial charge in [0.2, 0.25) is 11.9 Å². The molecular weight excluding hydrogens is 416 g/mol. The summed E-state index contributed by atoms with van der Waals surface area (Å²) in [5.41, 5.74) is 8.26. The van der Waals surface area contributed by atoms with Crippen LogP contribution in [0.15, 0.2) is 35.3 Å². The minimum Gasteiger partial charge on any atom is -0.483 e. The Balaban J connectivity index is 0.00000114. The van der Waals surface area contributed by atoms with E-state index in [1.807, 2.05) is 12.1 Å². The lowest BCUT2D eigenvalue weighted by atomic mass is 10.0. The zero-order chi connectivity index (χ0) is 23.5. The monoisotopic (exact) mass is 442 g/mol. The minimum atomic E-state index is -0.257. The lowest BCUT2D eigenvalue weighted by Crippen LogP contribution is -2.26. The number of benzene rings is 1. The number of carboxylic acid groups (broad SMARTS) is 1. The number of nitrogens with one attached hydrogen (secondary N) is 4. The van der Waals surface area contributed by atoms with Gasteiger partial charge >= 0.3 is 0 Å². The average Bonchev–Trinajstić information content (AvgIpc) is 3.19. The predicted octanol–water partition coefficient (Wildman–Crippen LogP) is 0.575. The number of aromatic amines is 2. The molecule has 0 unspecified atom stereocenters. The van der Waals surface area contributed by atoms with Crippen LogP contribution < -0.4 is 21.9 Å².